The van der Waals surface area contributed by atoms with E-state index in [9.17, 15) is 0 Å². The van der Waals surface area contributed by atoms with Gasteiger partial charge in [-0.25, -0.2) is 4.98 Å². The molecule has 1 nitrogen and oxygen atoms in total. The number of hydrogen-bond acceptors (Lipinski definition) is 1. The Kier molecular flexibility index (Phi) is 6.20. The Labute approximate surface area is 242 Å². The van der Waals surface area contributed by atoms with Crippen LogP contribution in [0, 0.1) is 27.7 Å². The molecular formula is C39H32BN. The van der Waals surface area contributed by atoms with Crippen LogP contribution in [0.1, 0.15) is 22.3 Å². The molecule has 0 atom stereocenters. The first-order chi connectivity index (χ1) is 20.0. The van der Waals surface area contributed by atoms with Crippen LogP contribution >= 0.6 is 0 Å². The van der Waals surface area contributed by atoms with Gasteiger partial charge in [0.15, 0.2) is 0 Å². The number of aryl methyl sites for hydroxylation is 4. The Morgan fingerprint density at radius 1 is 0.463 bits per heavy atom. The minimum atomic E-state index is 0.164. The Bertz CT molecular complexity index is 1980. The third-order valence-electron chi connectivity index (χ3n) is 8.77. The van der Waals surface area contributed by atoms with Crippen molar-refractivity contribution in [3.05, 3.63) is 144 Å². The standard InChI is InChI=1S/C39H32BN/c1-25-11-9-12-26(2)37(25)40(38-27(3)13-10-14-28(38)4)31-22-19-30(20-23-31)39-34-24-21-29-15-5-6-16-32(29)36(34)33-17-7-8-18-35(33)41-39/h5-24H,1-4H3. The predicted octanol–water partition coefficient (Wildman–Crippen LogP) is 7.96. The Hall–Kier alpha value is -4.69. The Balaban J connectivity index is 1.45. The number of fused-ring (bicyclic) bond motifs is 5. The zero-order valence-electron chi connectivity index (χ0n) is 24.1. The number of rotatable bonds is 4. The van der Waals surface area contributed by atoms with Gasteiger partial charge in [0.05, 0.1) is 11.2 Å². The smallest absolute Gasteiger partial charge is 0.242 e. The quantitative estimate of drug-likeness (QED) is 0.168. The summed E-state index contributed by atoms with van der Waals surface area (Å²) in [6.45, 7) is 9.13. The summed E-state index contributed by atoms with van der Waals surface area (Å²) in [5.74, 6) is 0. The highest BCUT2D eigenvalue weighted by Crippen LogP contribution is 2.36. The van der Waals surface area contributed by atoms with Crippen LogP contribution in [-0.4, -0.2) is 11.7 Å². The topological polar surface area (TPSA) is 12.9 Å². The third kappa shape index (κ3) is 4.23. The highest BCUT2D eigenvalue weighted by atomic mass is 14.7. The van der Waals surface area contributed by atoms with Gasteiger partial charge < -0.3 is 0 Å². The number of para-hydroxylation sites is 1. The van der Waals surface area contributed by atoms with E-state index in [1.807, 2.05) is 0 Å². The molecule has 0 bridgehead atoms. The van der Waals surface area contributed by atoms with Gasteiger partial charge in [-0.3, -0.25) is 0 Å². The van der Waals surface area contributed by atoms with Crippen LogP contribution in [-0.2, 0) is 0 Å². The maximum absolute atomic E-state index is 5.23. The minimum absolute atomic E-state index is 0.164. The summed E-state index contributed by atoms with van der Waals surface area (Å²) >= 11 is 0. The Morgan fingerprint density at radius 3 is 1.66 bits per heavy atom. The van der Waals surface area contributed by atoms with E-state index in [2.05, 4.69) is 149 Å². The van der Waals surface area contributed by atoms with Crippen molar-refractivity contribution in [1.82, 2.24) is 4.98 Å². The van der Waals surface area contributed by atoms with Gasteiger partial charge in [-0.1, -0.05) is 154 Å². The number of aromatic nitrogens is 1. The van der Waals surface area contributed by atoms with Crippen LogP contribution < -0.4 is 16.4 Å². The molecule has 0 amide bonds. The Morgan fingerprint density at radius 2 is 1.02 bits per heavy atom. The summed E-state index contributed by atoms with van der Waals surface area (Å²) in [5, 5.41) is 6.19. The lowest BCUT2D eigenvalue weighted by molar-refractivity contribution is 1.40. The van der Waals surface area contributed by atoms with Crippen molar-refractivity contribution in [3.8, 4) is 11.3 Å². The van der Waals surface area contributed by atoms with E-state index in [0.717, 1.165) is 16.8 Å². The second-order valence-corrected chi connectivity index (χ2v) is 11.4. The molecule has 0 N–H and O–H groups in total. The molecule has 0 unspecified atom stereocenters. The largest absolute Gasteiger partial charge is 0.247 e. The average molecular weight is 526 g/mol. The van der Waals surface area contributed by atoms with Gasteiger partial charge in [-0.2, -0.15) is 0 Å². The molecule has 0 aliphatic rings. The minimum Gasteiger partial charge on any atom is -0.247 e. The molecule has 1 heterocycles. The molecule has 0 aliphatic heterocycles. The van der Waals surface area contributed by atoms with Crippen LogP contribution in [0.15, 0.2) is 121 Å². The molecule has 0 fully saturated rings. The van der Waals surface area contributed by atoms with Gasteiger partial charge in [0.1, 0.15) is 0 Å². The van der Waals surface area contributed by atoms with Gasteiger partial charge in [-0.05, 0) is 44.5 Å². The van der Waals surface area contributed by atoms with Crippen molar-refractivity contribution in [2.24, 2.45) is 0 Å². The van der Waals surface area contributed by atoms with Gasteiger partial charge >= 0.3 is 0 Å². The summed E-state index contributed by atoms with van der Waals surface area (Å²) in [7, 11) is 0. The second-order valence-electron chi connectivity index (χ2n) is 11.4. The fourth-order valence-corrected chi connectivity index (χ4v) is 6.82. The molecule has 0 saturated carbocycles. The molecular weight excluding hydrogens is 493 g/mol. The van der Waals surface area contributed by atoms with Crippen molar-refractivity contribution in [1.29, 1.82) is 0 Å². The third-order valence-corrected chi connectivity index (χ3v) is 8.77. The molecule has 1 aromatic heterocycles. The fraction of sp³-hybridized carbons (Fsp3) is 0.103. The average Bonchev–Trinajstić information content (AvgIpc) is 2.99. The van der Waals surface area contributed by atoms with Crippen LogP contribution in [0.2, 0.25) is 0 Å². The lowest BCUT2D eigenvalue weighted by Gasteiger charge is -2.24. The zero-order chi connectivity index (χ0) is 28.1. The van der Waals surface area contributed by atoms with Gasteiger partial charge in [0.25, 0.3) is 0 Å². The lowest BCUT2D eigenvalue weighted by Crippen LogP contribution is -2.55. The molecule has 7 rings (SSSR count). The zero-order valence-corrected chi connectivity index (χ0v) is 24.1. The molecule has 0 aliphatic carbocycles. The number of benzene rings is 6. The van der Waals surface area contributed by atoms with E-state index in [1.165, 1.54) is 65.6 Å². The molecule has 0 radical (unpaired) electrons. The highest BCUT2D eigenvalue weighted by Gasteiger charge is 2.28. The summed E-state index contributed by atoms with van der Waals surface area (Å²) in [6, 6.07) is 44.2. The summed E-state index contributed by atoms with van der Waals surface area (Å²) < 4.78 is 0. The molecule has 41 heavy (non-hydrogen) atoms. The monoisotopic (exact) mass is 525 g/mol. The van der Waals surface area contributed by atoms with E-state index in [0.29, 0.717) is 0 Å². The normalized spacial score (nSPS) is 11.4. The number of hydrogen-bond donors (Lipinski definition) is 0. The summed E-state index contributed by atoms with van der Waals surface area (Å²) in [6.07, 6.45) is 0. The molecule has 196 valence electrons. The van der Waals surface area contributed by atoms with Gasteiger partial charge in [0, 0.05) is 21.7 Å². The van der Waals surface area contributed by atoms with Crippen molar-refractivity contribution in [3.63, 3.8) is 0 Å². The van der Waals surface area contributed by atoms with Crippen LogP contribution in [0.5, 0.6) is 0 Å². The lowest BCUT2D eigenvalue weighted by atomic mass is 9.34. The van der Waals surface area contributed by atoms with Crippen LogP contribution in [0.3, 0.4) is 0 Å². The summed E-state index contributed by atoms with van der Waals surface area (Å²) in [4.78, 5) is 5.23. The second kappa shape index (κ2) is 10.1. The summed E-state index contributed by atoms with van der Waals surface area (Å²) in [5.41, 5.74) is 12.6. The van der Waals surface area contributed by atoms with E-state index >= 15 is 0 Å². The van der Waals surface area contributed by atoms with E-state index in [4.69, 9.17) is 4.98 Å². The first-order valence-corrected chi connectivity index (χ1v) is 14.4. The van der Waals surface area contributed by atoms with Crippen molar-refractivity contribution >= 4 is 55.5 Å². The molecule has 0 saturated heterocycles. The van der Waals surface area contributed by atoms with Crippen LogP contribution in [0.25, 0.3) is 43.7 Å². The highest BCUT2D eigenvalue weighted by molar-refractivity contribution is 6.96. The SMILES string of the molecule is Cc1cccc(C)c1B(c1ccc(-c2nc3ccccc3c3c2ccc2ccccc23)cc1)c1c(C)cccc1C. The van der Waals surface area contributed by atoms with Crippen LogP contribution in [0.4, 0.5) is 0 Å². The first kappa shape index (κ1) is 25.3. The molecule has 2 heteroatoms. The number of nitrogens with zero attached hydrogens (tertiary/aromatic N) is 1. The maximum atomic E-state index is 5.23. The fourth-order valence-electron chi connectivity index (χ4n) is 6.82. The molecule has 7 aromatic rings. The van der Waals surface area contributed by atoms with Gasteiger partial charge in [0.2, 0.25) is 6.71 Å². The maximum Gasteiger partial charge on any atom is 0.242 e. The van der Waals surface area contributed by atoms with E-state index in [1.54, 1.807) is 0 Å². The van der Waals surface area contributed by atoms with E-state index < -0.39 is 0 Å². The molecule has 6 aromatic carbocycles. The number of pyridine rings is 1. The van der Waals surface area contributed by atoms with Crippen molar-refractivity contribution in [2.45, 2.75) is 27.7 Å². The predicted molar refractivity (Wildman–Crippen MR) is 179 cm³/mol. The van der Waals surface area contributed by atoms with Crippen molar-refractivity contribution < 1.29 is 0 Å². The van der Waals surface area contributed by atoms with Crippen molar-refractivity contribution in [2.75, 3.05) is 0 Å². The molecule has 0 spiro atoms. The first-order valence-electron chi connectivity index (χ1n) is 14.4. The van der Waals surface area contributed by atoms with Gasteiger partial charge in [-0.15, -0.1) is 0 Å². The van der Waals surface area contributed by atoms with E-state index in [-0.39, 0.29) is 6.71 Å².